The van der Waals surface area contributed by atoms with E-state index in [9.17, 15) is 10.1 Å². The summed E-state index contributed by atoms with van der Waals surface area (Å²) >= 11 is 6.05. The molecule has 1 saturated heterocycles. The first kappa shape index (κ1) is 15.1. The summed E-state index contributed by atoms with van der Waals surface area (Å²) in [4.78, 5) is 12.7. The van der Waals surface area contributed by atoms with Crippen LogP contribution in [0.4, 0.5) is 11.4 Å². The summed E-state index contributed by atoms with van der Waals surface area (Å²) in [6.45, 7) is 6.49. The summed E-state index contributed by atoms with van der Waals surface area (Å²) in [5.41, 5.74) is 0.774. The van der Waals surface area contributed by atoms with Crippen LogP contribution in [0.1, 0.15) is 19.8 Å². The van der Waals surface area contributed by atoms with Gasteiger partial charge in [0.05, 0.1) is 15.6 Å². The predicted molar refractivity (Wildman–Crippen MR) is 81.4 cm³/mol. The van der Waals surface area contributed by atoms with Gasteiger partial charge in [0.15, 0.2) is 0 Å². The molecule has 110 valence electrons. The number of nitro groups is 1. The van der Waals surface area contributed by atoms with Crippen LogP contribution in [0.5, 0.6) is 0 Å². The zero-order valence-electron chi connectivity index (χ0n) is 11.6. The van der Waals surface area contributed by atoms with Gasteiger partial charge >= 0.3 is 0 Å². The molecule has 0 amide bonds. The van der Waals surface area contributed by atoms with Crippen LogP contribution in [0, 0.1) is 16.0 Å². The molecule has 0 aliphatic carbocycles. The van der Waals surface area contributed by atoms with Gasteiger partial charge in [-0.15, -0.1) is 0 Å². The van der Waals surface area contributed by atoms with Crippen LogP contribution in [-0.4, -0.2) is 36.0 Å². The van der Waals surface area contributed by atoms with Crippen molar-refractivity contribution < 1.29 is 4.92 Å². The molecule has 1 atom stereocenters. The summed E-state index contributed by atoms with van der Waals surface area (Å²) in [6.07, 6.45) is 2.60. The minimum atomic E-state index is -0.439. The fourth-order valence-electron chi connectivity index (χ4n) is 2.52. The molecule has 1 aliphatic rings. The van der Waals surface area contributed by atoms with E-state index in [-0.39, 0.29) is 5.69 Å². The third-order valence-electron chi connectivity index (χ3n) is 3.57. The predicted octanol–water partition coefficient (Wildman–Crippen LogP) is 3.39. The summed E-state index contributed by atoms with van der Waals surface area (Å²) < 4.78 is 0. The van der Waals surface area contributed by atoms with Crippen LogP contribution < -0.4 is 5.32 Å². The first-order valence-electron chi connectivity index (χ1n) is 6.96. The summed E-state index contributed by atoms with van der Waals surface area (Å²) in [5.74, 6) is 0.513. The molecule has 20 heavy (non-hydrogen) atoms. The molecule has 0 saturated carbocycles. The number of nitrogens with one attached hydrogen (secondary N) is 1. The fraction of sp³-hybridized carbons (Fsp3) is 0.571. The lowest BCUT2D eigenvalue weighted by molar-refractivity contribution is -0.384. The van der Waals surface area contributed by atoms with Crippen molar-refractivity contribution in [2.24, 2.45) is 5.92 Å². The second-order valence-electron chi connectivity index (χ2n) is 5.42. The van der Waals surface area contributed by atoms with Crippen molar-refractivity contribution in [1.82, 2.24) is 4.90 Å². The monoisotopic (exact) mass is 297 g/mol. The van der Waals surface area contributed by atoms with Crippen LogP contribution in [0.3, 0.4) is 0 Å². The number of nitro benzene ring substituents is 1. The standard InChI is InChI=1S/C14H20ClN3O2/c1-11(10-17-6-2-3-7-17)9-16-14-5-4-12(18(19)20)8-13(14)15/h4-5,8,11,16H,2-3,6-7,9-10H2,1H3. The number of hydrogen-bond donors (Lipinski definition) is 1. The molecule has 1 unspecified atom stereocenters. The number of hydrogen-bond acceptors (Lipinski definition) is 4. The first-order chi connectivity index (χ1) is 9.56. The normalized spacial score (nSPS) is 17.1. The molecule has 1 aliphatic heterocycles. The zero-order chi connectivity index (χ0) is 14.5. The van der Waals surface area contributed by atoms with Crippen molar-refractivity contribution >= 4 is 23.0 Å². The van der Waals surface area contributed by atoms with Crippen LogP contribution in [0.25, 0.3) is 0 Å². The SMILES string of the molecule is CC(CNc1ccc([N+](=O)[O-])cc1Cl)CN1CCCC1. The maximum absolute atomic E-state index is 10.6. The first-order valence-corrected chi connectivity index (χ1v) is 7.34. The molecule has 1 aromatic rings. The quantitative estimate of drug-likeness (QED) is 0.646. The van der Waals surface area contributed by atoms with Crippen molar-refractivity contribution in [1.29, 1.82) is 0 Å². The van der Waals surface area contributed by atoms with E-state index in [1.165, 1.54) is 38.1 Å². The minimum Gasteiger partial charge on any atom is -0.384 e. The van der Waals surface area contributed by atoms with Crippen LogP contribution in [0.15, 0.2) is 18.2 Å². The lowest BCUT2D eigenvalue weighted by Crippen LogP contribution is -2.28. The second-order valence-corrected chi connectivity index (χ2v) is 5.82. The number of rotatable bonds is 6. The molecule has 0 bridgehead atoms. The number of likely N-dealkylation sites (tertiary alicyclic amines) is 1. The van der Waals surface area contributed by atoms with E-state index < -0.39 is 4.92 Å². The molecule has 0 radical (unpaired) electrons. The van der Waals surface area contributed by atoms with Crippen molar-refractivity contribution in [3.05, 3.63) is 33.3 Å². The minimum absolute atomic E-state index is 0.0191. The van der Waals surface area contributed by atoms with E-state index in [4.69, 9.17) is 11.6 Å². The highest BCUT2D eigenvalue weighted by Crippen LogP contribution is 2.26. The van der Waals surface area contributed by atoms with Gasteiger partial charge in [-0.1, -0.05) is 18.5 Å². The fourth-order valence-corrected chi connectivity index (χ4v) is 2.76. The summed E-state index contributed by atoms with van der Waals surface area (Å²) in [6, 6.07) is 4.53. The maximum Gasteiger partial charge on any atom is 0.271 e. The van der Waals surface area contributed by atoms with Gasteiger partial charge in [-0.25, -0.2) is 0 Å². The van der Waals surface area contributed by atoms with Gasteiger partial charge in [-0.05, 0) is 37.9 Å². The summed E-state index contributed by atoms with van der Waals surface area (Å²) in [5, 5.41) is 14.3. The van der Waals surface area contributed by atoms with Crippen molar-refractivity contribution in [3.8, 4) is 0 Å². The van der Waals surface area contributed by atoms with Crippen LogP contribution >= 0.6 is 11.6 Å². The van der Waals surface area contributed by atoms with E-state index in [0.29, 0.717) is 10.9 Å². The van der Waals surface area contributed by atoms with Gasteiger partial charge in [-0.3, -0.25) is 10.1 Å². The number of halogens is 1. The summed E-state index contributed by atoms with van der Waals surface area (Å²) in [7, 11) is 0. The Balaban J connectivity index is 1.85. The molecule has 1 fully saturated rings. The van der Waals surface area contributed by atoms with Crippen molar-refractivity contribution in [2.75, 3.05) is 31.5 Å². The van der Waals surface area contributed by atoms with E-state index in [1.54, 1.807) is 6.07 Å². The third-order valence-corrected chi connectivity index (χ3v) is 3.89. The smallest absolute Gasteiger partial charge is 0.271 e. The highest BCUT2D eigenvalue weighted by atomic mass is 35.5. The van der Waals surface area contributed by atoms with E-state index in [2.05, 4.69) is 17.1 Å². The molecule has 1 aromatic carbocycles. The largest absolute Gasteiger partial charge is 0.384 e. The molecule has 6 heteroatoms. The Morgan fingerprint density at radius 3 is 2.75 bits per heavy atom. The molecule has 1 heterocycles. The maximum atomic E-state index is 10.6. The Morgan fingerprint density at radius 1 is 1.45 bits per heavy atom. The number of nitrogens with zero attached hydrogens (tertiary/aromatic N) is 2. The average Bonchev–Trinajstić information content (AvgIpc) is 2.90. The Kier molecular flexibility index (Phi) is 5.20. The second kappa shape index (κ2) is 6.90. The van der Waals surface area contributed by atoms with Crippen molar-refractivity contribution in [2.45, 2.75) is 19.8 Å². The van der Waals surface area contributed by atoms with Gasteiger partial charge < -0.3 is 10.2 Å². The number of non-ortho nitro benzene ring substituents is 1. The lowest BCUT2D eigenvalue weighted by atomic mass is 10.1. The Morgan fingerprint density at radius 2 is 2.15 bits per heavy atom. The number of anilines is 1. The van der Waals surface area contributed by atoms with Crippen molar-refractivity contribution in [3.63, 3.8) is 0 Å². The molecular formula is C14H20ClN3O2. The lowest BCUT2D eigenvalue weighted by Gasteiger charge is -2.21. The van der Waals surface area contributed by atoms with E-state index in [1.807, 2.05) is 0 Å². The highest BCUT2D eigenvalue weighted by Gasteiger charge is 2.15. The Hall–Kier alpha value is -1.33. The Bertz CT molecular complexity index is 475. The highest BCUT2D eigenvalue weighted by molar-refractivity contribution is 6.33. The van der Waals surface area contributed by atoms with Crippen LogP contribution in [-0.2, 0) is 0 Å². The molecular weight excluding hydrogens is 278 g/mol. The molecule has 5 nitrogen and oxygen atoms in total. The molecule has 2 rings (SSSR count). The number of benzene rings is 1. The van der Waals surface area contributed by atoms with Gasteiger partial charge in [0, 0.05) is 25.2 Å². The van der Waals surface area contributed by atoms with Gasteiger partial charge in [0.1, 0.15) is 0 Å². The topological polar surface area (TPSA) is 58.4 Å². The molecule has 0 spiro atoms. The van der Waals surface area contributed by atoms with E-state index >= 15 is 0 Å². The Labute approximate surface area is 124 Å². The van der Waals surface area contributed by atoms with Gasteiger partial charge in [-0.2, -0.15) is 0 Å². The third kappa shape index (κ3) is 4.08. The molecule has 0 aromatic heterocycles. The zero-order valence-corrected chi connectivity index (χ0v) is 12.4. The molecule has 1 N–H and O–H groups in total. The van der Waals surface area contributed by atoms with Gasteiger partial charge in [0.2, 0.25) is 0 Å². The van der Waals surface area contributed by atoms with Gasteiger partial charge in [0.25, 0.3) is 5.69 Å². The van der Waals surface area contributed by atoms with E-state index in [0.717, 1.165) is 18.8 Å². The average molecular weight is 298 g/mol. The van der Waals surface area contributed by atoms with Crippen LogP contribution in [0.2, 0.25) is 5.02 Å².